The molecule has 1 aliphatic rings. The third-order valence-corrected chi connectivity index (χ3v) is 2.53. The number of hydrogen-bond acceptors (Lipinski definition) is 2. The van der Waals surface area contributed by atoms with E-state index in [0.717, 1.165) is 25.7 Å². The average molecular weight is 199 g/mol. The van der Waals surface area contributed by atoms with Crippen LogP contribution >= 0.6 is 0 Å². The number of rotatable bonds is 2. The van der Waals surface area contributed by atoms with Crippen molar-refractivity contribution in [3.05, 3.63) is 0 Å². The van der Waals surface area contributed by atoms with Gasteiger partial charge in [-0.2, -0.15) is 0 Å². The Bertz CT molecular complexity index is 186. The minimum absolute atomic E-state index is 0.0551. The van der Waals surface area contributed by atoms with Crippen molar-refractivity contribution in [2.75, 3.05) is 0 Å². The van der Waals surface area contributed by atoms with E-state index in [2.05, 4.69) is 10.6 Å². The Morgan fingerprint density at radius 1 is 1.29 bits per heavy atom. The molecule has 2 amide bonds. The minimum atomic E-state index is -0.0551. The zero-order chi connectivity index (χ0) is 10.6. The molecule has 0 aromatic rings. The Kier molecular flexibility index (Phi) is 4.20. The van der Waals surface area contributed by atoms with Crippen molar-refractivity contribution in [3.8, 4) is 0 Å². The van der Waals surface area contributed by atoms with Gasteiger partial charge in [0, 0.05) is 18.1 Å². The van der Waals surface area contributed by atoms with Gasteiger partial charge in [-0.15, -0.1) is 0 Å². The van der Waals surface area contributed by atoms with Crippen LogP contribution in [0, 0.1) is 0 Å². The van der Waals surface area contributed by atoms with E-state index in [9.17, 15) is 4.79 Å². The molecule has 82 valence electrons. The summed E-state index contributed by atoms with van der Waals surface area (Å²) in [7, 11) is 0. The Hall–Kier alpha value is -0.770. The molecule has 0 aromatic heterocycles. The van der Waals surface area contributed by atoms with Gasteiger partial charge in [-0.1, -0.05) is 0 Å². The van der Waals surface area contributed by atoms with Gasteiger partial charge in [0.05, 0.1) is 0 Å². The van der Waals surface area contributed by atoms with E-state index in [-0.39, 0.29) is 12.1 Å². The normalized spacial score (nSPS) is 27.4. The fraction of sp³-hybridized carbons (Fsp3) is 0.900. The Labute approximate surface area is 85.6 Å². The Balaban J connectivity index is 2.20. The Morgan fingerprint density at radius 3 is 2.36 bits per heavy atom. The number of nitrogens with two attached hydrogens (primary N) is 1. The summed E-state index contributed by atoms with van der Waals surface area (Å²) in [6, 6.07) is 0.788. The van der Waals surface area contributed by atoms with Crippen molar-refractivity contribution < 1.29 is 4.79 Å². The lowest BCUT2D eigenvalue weighted by molar-refractivity contribution is 0.229. The molecule has 0 bridgehead atoms. The van der Waals surface area contributed by atoms with Gasteiger partial charge < -0.3 is 16.4 Å². The van der Waals surface area contributed by atoms with Crippen LogP contribution in [0.15, 0.2) is 0 Å². The van der Waals surface area contributed by atoms with E-state index < -0.39 is 0 Å². The predicted octanol–water partition coefficient (Wildman–Crippen LogP) is 0.964. The van der Waals surface area contributed by atoms with Crippen molar-refractivity contribution in [1.29, 1.82) is 0 Å². The molecule has 1 saturated carbocycles. The van der Waals surface area contributed by atoms with Crippen molar-refractivity contribution in [3.63, 3.8) is 0 Å². The number of carbonyl (C=O) groups excluding carboxylic acids is 1. The lowest BCUT2D eigenvalue weighted by Gasteiger charge is -2.27. The van der Waals surface area contributed by atoms with Gasteiger partial charge in [0.15, 0.2) is 0 Å². The predicted molar refractivity (Wildman–Crippen MR) is 57.0 cm³/mol. The molecule has 1 rings (SSSR count). The summed E-state index contributed by atoms with van der Waals surface area (Å²) in [6.07, 6.45) is 4.05. The molecule has 0 heterocycles. The highest BCUT2D eigenvalue weighted by atomic mass is 16.2. The topological polar surface area (TPSA) is 67.2 Å². The van der Waals surface area contributed by atoms with Crippen molar-refractivity contribution >= 4 is 6.03 Å². The monoisotopic (exact) mass is 199 g/mol. The number of nitrogens with one attached hydrogen (secondary N) is 2. The molecule has 4 N–H and O–H groups in total. The van der Waals surface area contributed by atoms with Gasteiger partial charge in [0.2, 0.25) is 0 Å². The zero-order valence-electron chi connectivity index (χ0n) is 9.05. The highest BCUT2D eigenvalue weighted by molar-refractivity contribution is 5.74. The minimum Gasteiger partial charge on any atom is -0.336 e. The number of hydrogen-bond donors (Lipinski definition) is 3. The zero-order valence-corrected chi connectivity index (χ0v) is 9.05. The number of amides is 2. The fourth-order valence-corrected chi connectivity index (χ4v) is 1.75. The molecule has 0 unspecified atom stereocenters. The molecule has 0 saturated heterocycles. The molecule has 1 fully saturated rings. The smallest absolute Gasteiger partial charge is 0.315 e. The fourth-order valence-electron chi connectivity index (χ4n) is 1.75. The third kappa shape index (κ3) is 3.96. The van der Waals surface area contributed by atoms with Crippen LogP contribution in [0.5, 0.6) is 0 Å². The summed E-state index contributed by atoms with van der Waals surface area (Å²) in [5.74, 6) is 0. The lowest BCUT2D eigenvalue weighted by atomic mass is 9.92. The summed E-state index contributed by atoms with van der Waals surface area (Å²) in [5, 5.41) is 5.79. The van der Waals surface area contributed by atoms with Crippen LogP contribution < -0.4 is 16.4 Å². The van der Waals surface area contributed by atoms with Crippen molar-refractivity contribution in [2.24, 2.45) is 5.73 Å². The second-order valence-corrected chi connectivity index (χ2v) is 4.38. The maximum atomic E-state index is 11.3. The van der Waals surface area contributed by atoms with Gasteiger partial charge in [-0.25, -0.2) is 4.79 Å². The van der Waals surface area contributed by atoms with Gasteiger partial charge >= 0.3 is 6.03 Å². The molecule has 14 heavy (non-hydrogen) atoms. The SMILES string of the molecule is CC(C)NC(=O)N[C@H]1CC[C@H](N)CC1. The third-order valence-electron chi connectivity index (χ3n) is 2.53. The second kappa shape index (κ2) is 5.20. The highest BCUT2D eigenvalue weighted by Gasteiger charge is 2.19. The molecule has 4 heteroatoms. The number of urea groups is 1. The summed E-state index contributed by atoms with van der Waals surface area (Å²) in [4.78, 5) is 11.3. The molecule has 4 nitrogen and oxygen atoms in total. The summed E-state index contributed by atoms with van der Waals surface area (Å²) in [5.41, 5.74) is 5.78. The standard InChI is InChI=1S/C10H21N3O/c1-7(2)12-10(14)13-9-5-3-8(11)4-6-9/h7-9H,3-6,11H2,1-2H3,(H2,12,13,14)/t8-,9-. The van der Waals surface area contributed by atoms with Crippen LogP contribution in [0.1, 0.15) is 39.5 Å². The van der Waals surface area contributed by atoms with E-state index >= 15 is 0 Å². The quantitative estimate of drug-likeness (QED) is 0.620. The molecule has 0 atom stereocenters. The van der Waals surface area contributed by atoms with E-state index in [0.29, 0.717) is 12.1 Å². The van der Waals surface area contributed by atoms with Crippen molar-refractivity contribution in [2.45, 2.75) is 57.7 Å². The van der Waals surface area contributed by atoms with Crippen LogP contribution in [-0.4, -0.2) is 24.2 Å². The van der Waals surface area contributed by atoms with Crippen LogP contribution in [0.25, 0.3) is 0 Å². The van der Waals surface area contributed by atoms with Crippen LogP contribution in [0.3, 0.4) is 0 Å². The molecule has 1 aliphatic carbocycles. The number of carbonyl (C=O) groups is 1. The van der Waals surface area contributed by atoms with Gasteiger partial charge in [0.25, 0.3) is 0 Å². The maximum Gasteiger partial charge on any atom is 0.315 e. The lowest BCUT2D eigenvalue weighted by Crippen LogP contribution is -2.46. The highest BCUT2D eigenvalue weighted by Crippen LogP contribution is 2.16. The van der Waals surface area contributed by atoms with Crippen LogP contribution in [0.2, 0.25) is 0 Å². The van der Waals surface area contributed by atoms with Gasteiger partial charge in [0.1, 0.15) is 0 Å². The van der Waals surface area contributed by atoms with Gasteiger partial charge in [-0.05, 0) is 39.5 Å². The largest absolute Gasteiger partial charge is 0.336 e. The van der Waals surface area contributed by atoms with Crippen LogP contribution in [0.4, 0.5) is 4.79 Å². The van der Waals surface area contributed by atoms with E-state index in [1.54, 1.807) is 0 Å². The first-order valence-electron chi connectivity index (χ1n) is 5.40. The second-order valence-electron chi connectivity index (χ2n) is 4.38. The first kappa shape index (κ1) is 11.3. The first-order valence-corrected chi connectivity index (χ1v) is 5.40. The van der Waals surface area contributed by atoms with Crippen molar-refractivity contribution in [1.82, 2.24) is 10.6 Å². The van der Waals surface area contributed by atoms with E-state index in [1.807, 2.05) is 13.8 Å². The van der Waals surface area contributed by atoms with Gasteiger partial charge in [-0.3, -0.25) is 0 Å². The molecule has 0 spiro atoms. The summed E-state index contributed by atoms with van der Waals surface area (Å²) in [6.45, 7) is 3.91. The molecule has 0 aliphatic heterocycles. The first-order chi connectivity index (χ1) is 6.58. The molecule has 0 aromatic carbocycles. The summed E-state index contributed by atoms with van der Waals surface area (Å²) >= 11 is 0. The van der Waals surface area contributed by atoms with E-state index in [4.69, 9.17) is 5.73 Å². The molecular formula is C10H21N3O. The molecule has 0 radical (unpaired) electrons. The van der Waals surface area contributed by atoms with E-state index in [1.165, 1.54) is 0 Å². The van der Waals surface area contributed by atoms with Crippen LogP contribution in [-0.2, 0) is 0 Å². The molecular weight excluding hydrogens is 178 g/mol. The average Bonchev–Trinajstić information content (AvgIpc) is 2.07. The maximum absolute atomic E-state index is 11.3. The summed E-state index contributed by atoms with van der Waals surface area (Å²) < 4.78 is 0. The Morgan fingerprint density at radius 2 is 1.86 bits per heavy atom.